The summed E-state index contributed by atoms with van der Waals surface area (Å²) in [6.07, 6.45) is 1.32. The normalized spacial score (nSPS) is 21.4. The summed E-state index contributed by atoms with van der Waals surface area (Å²) in [6.45, 7) is 1.71. The van der Waals surface area contributed by atoms with Crippen molar-refractivity contribution in [2.24, 2.45) is 0 Å². The number of halogens is 1. The van der Waals surface area contributed by atoms with Gasteiger partial charge in [0.1, 0.15) is 11.4 Å². The average Bonchev–Trinajstić information content (AvgIpc) is 2.71. The minimum atomic E-state index is -1.10. The molecule has 3 rings (SSSR count). The molecule has 0 aromatic heterocycles. The van der Waals surface area contributed by atoms with Crippen LogP contribution in [0.2, 0.25) is 0 Å². The molecule has 1 aliphatic rings. The van der Waals surface area contributed by atoms with E-state index in [0.29, 0.717) is 23.2 Å². The number of nitrogen functional groups attached to an aromatic ring is 1. The van der Waals surface area contributed by atoms with Crippen molar-refractivity contribution in [3.8, 4) is 0 Å². The van der Waals surface area contributed by atoms with Crippen LogP contribution in [0.3, 0.4) is 0 Å². The second-order valence-electron chi connectivity index (χ2n) is 5.24. The number of fused-ring (bicyclic) bond motifs is 1. The second kappa shape index (κ2) is 4.07. The number of hydrogen-bond donors (Lipinski definition) is 2. The Morgan fingerprint density at radius 1 is 1.21 bits per heavy atom. The molecule has 0 saturated heterocycles. The lowest BCUT2D eigenvalue weighted by Gasteiger charge is -2.25. The van der Waals surface area contributed by atoms with Gasteiger partial charge in [-0.1, -0.05) is 18.2 Å². The first-order valence-electron chi connectivity index (χ1n) is 6.38. The number of rotatable bonds is 1. The van der Waals surface area contributed by atoms with E-state index in [0.717, 1.165) is 17.5 Å². The molecular formula is C16H16FNO. The van der Waals surface area contributed by atoms with E-state index in [4.69, 9.17) is 5.73 Å². The number of benzene rings is 2. The Hall–Kier alpha value is -1.87. The van der Waals surface area contributed by atoms with Crippen molar-refractivity contribution in [3.05, 3.63) is 64.5 Å². The van der Waals surface area contributed by atoms with Gasteiger partial charge >= 0.3 is 0 Å². The maximum atomic E-state index is 13.7. The molecule has 0 spiro atoms. The van der Waals surface area contributed by atoms with Crippen LogP contribution in [0.4, 0.5) is 10.1 Å². The molecule has 2 nitrogen and oxygen atoms in total. The zero-order valence-electron chi connectivity index (χ0n) is 10.8. The first kappa shape index (κ1) is 12.2. The van der Waals surface area contributed by atoms with Crippen LogP contribution >= 0.6 is 0 Å². The van der Waals surface area contributed by atoms with E-state index in [1.165, 1.54) is 6.07 Å². The Morgan fingerprint density at radius 2 is 2.00 bits per heavy atom. The van der Waals surface area contributed by atoms with Gasteiger partial charge in [0.05, 0.1) is 0 Å². The van der Waals surface area contributed by atoms with Crippen LogP contribution in [0.15, 0.2) is 36.4 Å². The third kappa shape index (κ3) is 1.81. The largest absolute Gasteiger partial charge is 0.399 e. The summed E-state index contributed by atoms with van der Waals surface area (Å²) in [5.41, 5.74) is 8.43. The van der Waals surface area contributed by atoms with Crippen LogP contribution in [-0.4, -0.2) is 5.11 Å². The van der Waals surface area contributed by atoms with Crippen molar-refractivity contribution < 1.29 is 9.50 Å². The summed E-state index contributed by atoms with van der Waals surface area (Å²) in [5.74, 6) is -0.283. The van der Waals surface area contributed by atoms with Crippen molar-refractivity contribution >= 4 is 5.69 Å². The number of anilines is 1. The van der Waals surface area contributed by atoms with Gasteiger partial charge in [-0.15, -0.1) is 0 Å². The molecule has 0 bridgehead atoms. The lowest BCUT2D eigenvalue weighted by molar-refractivity contribution is 0.0826. The zero-order chi connectivity index (χ0) is 13.6. The van der Waals surface area contributed by atoms with Gasteiger partial charge in [-0.3, -0.25) is 0 Å². The molecule has 3 heteroatoms. The van der Waals surface area contributed by atoms with Crippen molar-refractivity contribution in [1.82, 2.24) is 0 Å². The van der Waals surface area contributed by atoms with Crippen LogP contribution in [0.25, 0.3) is 0 Å². The van der Waals surface area contributed by atoms with E-state index in [1.54, 1.807) is 25.1 Å². The molecule has 2 aromatic rings. The van der Waals surface area contributed by atoms with Gasteiger partial charge in [0.25, 0.3) is 0 Å². The SMILES string of the molecule is Cc1ccc(C2(O)CCc3cc(N)ccc32)cc1F. The van der Waals surface area contributed by atoms with E-state index >= 15 is 0 Å². The Morgan fingerprint density at radius 3 is 2.74 bits per heavy atom. The number of hydrogen-bond acceptors (Lipinski definition) is 2. The van der Waals surface area contributed by atoms with Gasteiger partial charge in [-0.2, -0.15) is 0 Å². The van der Waals surface area contributed by atoms with Gasteiger partial charge in [-0.05, 0) is 60.2 Å². The standard InChI is InChI=1S/C16H16FNO/c1-10-2-3-12(9-15(10)17)16(19)7-6-11-8-13(18)4-5-14(11)16/h2-5,8-9,19H,6-7,18H2,1H3. The molecule has 0 fully saturated rings. The summed E-state index contributed by atoms with van der Waals surface area (Å²) in [5, 5.41) is 10.9. The molecule has 0 amide bonds. The zero-order valence-corrected chi connectivity index (χ0v) is 10.8. The molecule has 0 saturated carbocycles. The van der Waals surface area contributed by atoms with E-state index in [9.17, 15) is 9.50 Å². The topological polar surface area (TPSA) is 46.2 Å². The van der Waals surface area contributed by atoms with E-state index in [1.807, 2.05) is 12.1 Å². The van der Waals surface area contributed by atoms with Gasteiger partial charge in [0.2, 0.25) is 0 Å². The van der Waals surface area contributed by atoms with Crippen LogP contribution in [-0.2, 0) is 12.0 Å². The summed E-state index contributed by atoms with van der Waals surface area (Å²) in [6, 6.07) is 10.4. The smallest absolute Gasteiger partial charge is 0.126 e. The Kier molecular flexibility index (Phi) is 2.61. The van der Waals surface area contributed by atoms with Crippen molar-refractivity contribution in [2.75, 3.05) is 5.73 Å². The molecule has 1 atom stereocenters. The molecule has 98 valence electrons. The van der Waals surface area contributed by atoms with Crippen LogP contribution in [0.1, 0.15) is 28.7 Å². The second-order valence-corrected chi connectivity index (χ2v) is 5.24. The predicted octanol–water partition coefficient (Wildman–Crippen LogP) is 2.90. The Labute approximate surface area is 111 Å². The van der Waals surface area contributed by atoms with E-state index in [2.05, 4.69) is 0 Å². The van der Waals surface area contributed by atoms with Gasteiger partial charge in [-0.25, -0.2) is 4.39 Å². The lowest BCUT2D eigenvalue weighted by atomic mass is 9.87. The number of nitrogens with two attached hydrogens (primary N) is 1. The highest BCUT2D eigenvalue weighted by Gasteiger charge is 2.38. The molecule has 0 radical (unpaired) electrons. The molecule has 2 aromatic carbocycles. The average molecular weight is 257 g/mol. The first-order valence-corrected chi connectivity index (χ1v) is 6.38. The summed E-state index contributed by atoms with van der Waals surface area (Å²) in [4.78, 5) is 0. The highest BCUT2D eigenvalue weighted by Crippen LogP contribution is 2.42. The summed E-state index contributed by atoms with van der Waals surface area (Å²) < 4.78 is 13.7. The Bertz CT molecular complexity index is 653. The minimum Gasteiger partial charge on any atom is -0.399 e. The van der Waals surface area contributed by atoms with Crippen LogP contribution in [0, 0.1) is 12.7 Å². The number of aliphatic hydroxyl groups is 1. The summed E-state index contributed by atoms with van der Waals surface area (Å²) in [7, 11) is 0. The highest BCUT2D eigenvalue weighted by molar-refractivity contribution is 5.52. The molecule has 1 unspecified atom stereocenters. The molecule has 1 aliphatic carbocycles. The first-order chi connectivity index (χ1) is 9.00. The minimum absolute atomic E-state index is 0.283. The highest BCUT2D eigenvalue weighted by atomic mass is 19.1. The fraction of sp³-hybridized carbons (Fsp3) is 0.250. The number of aryl methyl sites for hydroxylation is 2. The van der Waals surface area contributed by atoms with Gasteiger partial charge in [0, 0.05) is 5.69 Å². The molecule has 3 N–H and O–H groups in total. The molecule has 0 aliphatic heterocycles. The maximum Gasteiger partial charge on any atom is 0.126 e. The fourth-order valence-electron chi connectivity index (χ4n) is 2.82. The third-order valence-electron chi connectivity index (χ3n) is 3.98. The van der Waals surface area contributed by atoms with Crippen molar-refractivity contribution in [2.45, 2.75) is 25.4 Å². The van der Waals surface area contributed by atoms with Crippen LogP contribution < -0.4 is 5.73 Å². The monoisotopic (exact) mass is 257 g/mol. The molecule has 0 heterocycles. The van der Waals surface area contributed by atoms with Crippen LogP contribution in [0.5, 0.6) is 0 Å². The van der Waals surface area contributed by atoms with E-state index in [-0.39, 0.29) is 5.82 Å². The van der Waals surface area contributed by atoms with Crippen molar-refractivity contribution in [3.63, 3.8) is 0 Å². The fourth-order valence-corrected chi connectivity index (χ4v) is 2.82. The quantitative estimate of drug-likeness (QED) is 0.772. The van der Waals surface area contributed by atoms with Gasteiger partial charge in [0.15, 0.2) is 0 Å². The molecule has 19 heavy (non-hydrogen) atoms. The maximum absolute atomic E-state index is 13.7. The molecular weight excluding hydrogens is 241 g/mol. The predicted molar refractivity (Wildman–Crippen MR) is 73.3 cm³/mol. The van der Waals surface area contributed by atoms with Crippen molar-refractivity contribution in [1.29, 1.82) is 0 Å². The van der Waals surface area contributed by atoms with Gasteiger partial charge < -0.3 is 10.8 Å². The van der Waals surface area contributed by atoms with E-state index < -0.39 is 5.60 Å². The summed E-state index contributed by atoms with van der Waals surface area (Å²) >= 11 is 0. The Balaban J connectivity index is 2.13. The third-order valence-corrected chi connectivity index (χ3v) is 3.98. The lowest BCUT2D eigenvalue weighted by Crippen LogP contribution is -2.24.